The Morgan fingerprint density at radius 2 is 2.11 bits per heavy atom. The molecule has 1 aromatic rings. The number of nitrogens with two attached hydrogens (primary N) is 1. The first-order valence-electron chi connectivity index (χ1n) is 6.73. The van der Waals surface area contributed by atoms with E-state index in [0.717, 1.165) is 29.4 Å². The van der Waals surface area contributed by atoms with Gasteiger partial charge in [-0.25, -0.2) is 0 Å². The van der Waals surface area contributed by atoms with Gasteiger partial charge in [0.25, 0.3) is 0 Å². The van der Waals surface area contributed by atoms with Crippen molar-refractivity contribution in [1.29, 1.82) is 0 Å². The zero-order valence-electron chi connectivity index (χ0n) is 10.5. The van der Waals surface area contributed by atoms with Crippen LogP contribution in [0.25, 0.3) is 0 Å². The molecule has 2 aliphatic rings. The zero-order chi connectivity index (χ0) is 12.4. The molecule has 4 heteroatoms. The van der Waals surface area contributed by atoms with Gasteiger partial charge in [-0.1, -0.05) is 25.0 Å². The second-order valence-electron chi connectivity index (χ2n) is 5.11. The molecule has 1 fully saturated rings. The summed E-state index contributed by atoms with van der Waals surface area (Å²) in [6, 6.07) is 6.18. The van der Waals surface area contributed by atoms with E-state index in [1.807, 2.05) is 12.1 Å². The Kier molecular flexibility index (Phi) is 3.39. The Morgan fingerprint density at radius 1 is 1.28 bits per heavy atom. The summed E-state index contributed by atoms with van der Waals surface area (Å²) >= 11 is 0. The Balaban J connectivity index is 1.79. The summed E-state index contributed by atoms with van der Waals surface area (Å²) in [4.78, 5) is 0. The lowest BCUT2D eigenvalue weighted by atomic mass is 9.99. The summed E-state index contributed by atoms with van der Waals surface area (Å²) in [6.45, 7) is 1.24. The molecule has 0 aromatic heterocycles. The lowest BCUT2D eigenvalue weighted by molar-refractivity contribution is 0.168. The number of ether oxygens (including phenoxy) is 2. The fraction of sp³-hybridized carbons (Fsp3) is 0.571. The molecule has 1 atom stereocenters. The molecule has 1 aliphatic heterocycles. The highest BCUT2D eigenvalue weighted by Gasteiger charge is 2.25. The highest BCUT2D eigenvalue weighted by molar-refractivity contribution is 5.48. The second kappa shape index (κ2) is 5.16. The maximum Gasteiger partial charge on any atom is 0.166 e. The van der Waals surface area contributed by atoms with Gasteiger partial charge >= 0.3 is 0 Å². The fourth-order valence-corrected chi connectivity index (χ4v) is 2.51. The van der Waals surface area contributed by atoms with Gasteiger partial charge in [-0.15, -0.1) is 0 Å². The lowest BCUT2D eigenvalue weighted by Gasteiger charge is -2.25. The molecule has 1 heterocycles. The molecule has 0 saturated heterocycles. The maximum absolute atomic E-state index is 5.74. The van der Waals surface area contributed by atoms with E-state index in [0.29, 0.717) is 13.2 Å². The van der Waals surface area contributed by atoms with Crippen molar-refractivity contribution in [2.45, 2.75) is 31.7 Å². The third kappa shape index (κ3) is 2.44. The molecule has 1 aromatic carbocycles. The van der Waals surface area contributed by atoms with Crippen LogP contribution in [0.2, 0.25) is 0 Å². The van der Waals surface area contributed by atoms with Crippen molar-refractivity contribution >= 4 is 0 Å². The van der Waals surface area contributed by atoms with Gasteiger partial charge in [0.2, 0.25) is 0 Å². The third-order valence-corrected chi connectivity index (χ3v) is 3.73. The molecule has 98 valence electrons. The van der Waals surface area contributed by atoms with E-state index < -0.39 is 0 Å². The minimum atomic E-state index is 0.155. The van der Waals surface area contributed by atoms with E-state index in [-0.39, 0.29) is 6.04 Å². The van der Waals surface area contributed by atoms with E-state index in [9.17, 15) is 0 Å². The van der Waals surface area contributed by atoms with Crippen LogP contribution in [0.4, 0.5) is 0 Å². The first-order valence-corrected chi connectivity index (χ1v) is 6.73. The molecule has 0 radical (unpaired) electrons. The Labute approximate surface area is 107 Å². The standard InChI is InChI=1S/C14H20N2O2/c15-16-12(7-6-10-4-5-10)11-2-1-3-13-14(11)18-9-8-17-13/h1-3,10,12,16H,4-9,15H2. The Bertz CT molecular complexity index is 418. The van der Waals surface area contributed by atoms with Gasteiger partial charge in [0.05, 0.1) is 0 Å². The summed E-state index contributed by atoms with van der Waals surface area (Å²) in [5, 5.41) is 0. The van der Waals surface area contributed by atoms with Crippen molar-refractivity contribution in [1.82, 2.24) is 5.43 Å². The number of rotatable bonds is 5. The van der Waals surface area contributed by atoms with Crippen molar-refractivity contribution in [2.75, 3.05) is 13.2 Å². The summed E-state index contributed by atoms with van der Waals surface area (Å²) in [5.74, 6) is 8.31. The number of benzene rings is 1. The van der Waals surface area contributed by atoms with Gasteiger partial charge in [-0.05, 0) is 24.8 Å². The van der Waals surface area contributed by atoms with Crippen LogP contribution in [0, 0.1) is 5.92 Å². The SMILES string of the molecule is NNC(CCC1CC1)c1cccc2c1OCCO2. The predicted molar refractivity (Wildman–Crippen MR) is 69.5 cm³/mol. The van der Waals surface area contributed by atoms with Crippen LogP contribution in [0.15, 0.2) is 18.2 Å². The topological polar surface area (TPSA) is 56.5 Å². The molecule has 3 N–H and O–H groups in total. The number of para-hydroxylation sites is 1. The molecule has 0 spiro atoms. The quantitative estimate of drug-likeness (QED) is 0.619. The molecular weight excluding hydrogens is 228 g/mol. The summed E-state index contributed by atoms with van der Waals surface area (Å²) in [5.41, 5.74) is 4.04. The number of hydrogen-bond donors (Lipinski definition) is 2. The molecule has 3 rings (SSSR count). The van der Waals surface area contributed by atoms with Crippen LogP contribution in [0.1, 0.15) is 37.3 Å². The van der Waals surface area contributed by atoms with E-state index in [2.05, 4.69) is 11.5 Å². The molecule has 1 saturated carbocycles. The molecule has 1 aliphatic carbocycles. The smallest absolute Gasteiger partial charge is 0.166 e. The van der Waals surface area contributed by atoms with Crippen molar-refractivity contribution in [2.24, 2.45) is 11.8 Å². The van der Waals surface area contributed by atoms with Crippen molar-refractivity contribution in [3.05, 3.63) is 23.8 Å². The van der Waals surface area contributed by atoms with Gasteiger partial charge in [0, 0.05) is 11.6 Å². The van der Waals surface area contributed by atoms with Gasteiger partial charge in [-0.3, -0.25) is 11.3 Å². The molecule has 18 heavy (non-hydrogen) atoms. The third-order valence-electron chi connectivity index (χ3n) is 3.73. The first-order chi connectivity index (χ1) is 8.88. The molecular formula is C14H20N2O2. The van der Waals surface area contributed by atoms with Crippen LogP contribution >= 0.6 is 0 Å². The fourth-order valence-electron chi connectivity index (χ4n) is 2.51. The van der Waals surface area contributed by atoms with E-state index in [1.54, 1.807) is 0 Å². The molecule has 4 nitrogen and oxygen atoms in total. The Hall–Kier alpha value is -1.26. The van der Waals surface area contributed by atoms with Crippen LogP contribution in [0.5, 0.6) is 11.5 Å². The van der Waals surface area contributed by atoms with Gasteiger partial charge in [-0.2, -0.15) is 0 Å². The number of nitrogens with one attached hydrogen (secondary N) is 1. The molecule has 1 unspecified atom stereocenters. The summed E-state index contributed by atoms with van der Waals surface area (Å²) < 4.78 is 11.3. The van der Waals surface area contributed by atoms with Crippen LogP contribution in [-0.4, -0.2) is 13.2 Å². The van der Waals surface area contributed by atoms with Gasteiger partial charge in [0.15, 0.2) is 11.5 Å². The van der Waals surface area contributed by atoms with Crippen LogP contribution in [0.3, 0.4) is 0 Å². The van der Waals surface area contributed by atoms with Crippen molar-refractivity contribution < 1.29 is 9.47 Å². The largest absolute Gasteiger partial charge is 0.486 e. The molecule has 0 bridgehead atoms. The van der Waals surface area contributed by atoms with E-state index in [4.69, 9.17) is 15.3 Å². The highest BCUT2D eigenvalue weighted by Crippen LogP contribution is 2.40. The first kappa shape index (κ1) is 11.8. The summed E-state index contributed by atoms with van der Waals surface area (Å²) in [7, 11) is 0. The van der Waals surface area contributed by atoms with Gasteiger partial charge in [0.1, 0.15) is 13.2 Å². The molecule has 0 amide bonds. The van der Waals surface area contributed by atoms with Crippen molar-refractivity contribution in [3.8, 4) is 11.5 Å². The van der Waals surface area contributed by atoms with Crippen LogP contribution in [-0.2, 0) is 0 Å². The monoisotopic (exact) mass is 248 g/mol. The predicted octanol–water partition coefficient (Wildman–Crippen LogP) is 2.15. The highest BCUT2D eigenvalue weighted by atomic mass is 16.6. The average molecular weight is 248 g/mol. The van der Waals surface area contributed by atoms with E-state index >= 15 is 0 Å². The van der Waals surface area contributed by atoms with Gasteiger partial charge < -0.3 is 9.47 Å². The maximum atomic E-state index is 5.74. The second-order valence-corrected chi connectivity index (χ2v) is 5.11. The zero-order valence-corrected chi connectivity index (χ0v) is 10.5. The minimum Gasteiger partial charge on any atom is -0.486 e. The summed E-state index contributed by atoms with van der Waals surface area (Å²) in [6.07, 6.45) is 5.05. The van der Waals surface area contributed by atoms with Crippen LogP contribution < -0.4 is 20.7 Å². The van der Waals surface area contributed by atoms with E-state index in [1.165, 1.54) is 19.3 Å². The number of fused-ring (bicyclic) bond motifs is 1. The number of hydrazine groups is 1. The lowest BCUT2D eigenvalue weighted by Crippen LogP contribution is -2.29. The normalized spacial score (nSPS) is 19.6. The number of hydrogen-bond acceptors (Lipinski definition) is 4. The van der Waals surface area contributed by atoms with Crippen molar-refractivity contribution in [3.63, 3.8) is 0 Å². The minimum absolute atomic E-state index is 0.155. The Morgan fingerprint density at radius 3 is 2.89 bits per heavy atom. The average Bonchev–Trinajstić information content (AvgIpc) is 3.24.